The number of aliphatic imine (C=N–C) groups is 4. The highest BCUT2D eigenvalue weighted by Gasteiger charge is 2.64. The summed E-state index contributed by atoms with van der Waals surface area (Å²) in [6, 6.07) is -1.03. The Hall–Kier alpha value is -11.0. The number of aliphatic hydroxyl groups excluding tert-OH is 3. The van der Waals surface area contributed by atoms with E-state index in [-0.39, 0.29) is 78.2 Å². The van der Waals surface area contributed by atoms with Crippen LogP contribution in [0.15, 0.2) is 139 Å². The Labute approximate surface area is 710 Å². The monoisotopic (exact) mass is 1740 g/mol. The lowest BCUT2D eigenvalue weighted by atomic mass is 10.0. The van der Waals surface area contributed by atoms with Gasteiger partial charge in [-0.3, -0.25) is 24.0 Å². The van der Waals surface area contributed by atoms with Crippen LogP contribution in [-0.4, -0.2) is 217 Å². The molecule has 42 nitrogen and oxygen atoms in total. The lowest BCUT2D eigenvalue weighted by Crippen LogP contribution is -2.49. The number of azide groups is 4. The van der Waals surface area contributed by atoms with Gasteiger partial charge in [-0.15, -0.1) is 0 Å². The first-order valence-corrected chi connectivity index (χ1v) is 40.7. The molecule has 0 aromatic heterocycles. The molecule has 0 aromatic rings. The zero-order chi connectivity index (χ0) is 91.2. The normalized spacial score (nSPS) is 28.1. The summed E-state index contributed by atoms with van der Waals surface area (Å²) >= 11 is 0. The van der Waals surface area contributed by atoms with E-state index in [4.69, 9.17) is 87.9 Å². The number of rotatable bonds is 43. The van der Waals surface area contributed by atoms with E-state index in [0.717, 1.165) is 103 Å². The maximum absolute atomic E-state index is 15.9. The molecule has 0 spiro atoms. The van der Waals surface area contributed by atoms with Gasteiger partial charge in [0, 0.05) is 70.1 Å². The predicted molar refractivity (Wildman–Crippen MR) is 442 cm³/mol. The molecule has 17 atom stereocenters. The number of esters is 5. The number of hydrogen-bond donors (Lipinski definition) is 8. The van der Waals surface area contributed by atoms with E-state index in [1.807, 2.05) is 0 Å². The molecule has 8 heterocycles. The number of hydrogen-bond acceptors (Lipinski definition) is 34. The molecule has 0 amide bonds. The summed E-state index contributed by atoms with van der Waals surface area (Å²) in [5, 5.41) is 43.7. The fourth-order valence-corrected chi connectivity index (χ4v) is 13.3. The van der Waals surface area contributed by atoms with Crippen LogP contribution in [0.4, 0.5) is 17.6 Å². The quantitative estimate of drug-likeness (QED) is 0.00534. The summed E-state index contributed by atoms with van der Waals surface area (Å²) in [7, 11) is 0. The SMILES string of the molecule is C=C1N=C(N)C=CN1[C@@H]1O[C@@](CO)(N=[N+]=[N-])[C@@H](OC(=O)C(N)C(C)C)[C@H]1F.C=C1N=C(N)C=CN1[C@@H]1O[C@@](CO)(N=[N+]=[N-])[C@@H](OC(=O)CCCCCCC)[C@H]1F.C=C1N=C(N)C=CN1[C@@H]1O[C@@](COC(=O)CCCCCCC)(N=[N+]=[N-])[C@@H](O)[C@H]1F.C=C1N=C(N)C=CN1[C@@H]1O[C@@](COC(=O)CCCCCCC)(N=[N+]=[N-])[C@@H](OC(=O)CCCCCCC)[C@H]1F. The van der Waals surface area contributed by atoms with Gasteiger partial charge in [0.2, 0.25) is 22.9 Å². The van der Waals surface area contributed by atoms with Gasteiger partial charge in [-0.05, 0) is 78.0 Å². The van der Waals surface area contributed by atoms with E-state index in [0.29, 0.717) is 25.7 Å². The second-order valence-electron chi connectivity index (χ2n) is 29.8. The Morgan fingerprint density at radius 1 is 0.447 bits per heavy atom. The average molecular weight is 1740 g/mol. The molecule has 46 heteroatoms. The van der Waals surface area contributed by atoms with Crippen LogP contribution >= 0.6 is 0 Å². The second kappa shape index (κ2) is 50.5. The molecule has 4 saturated heterocycles. The summed E-state index contributed by atoms with van der Waals surface area (Å²) in [5.74, 6) is -2.60. The number of amidine groups is 4. The first kappa shape index (κ1) is 103. The van der Waals surface area contributed by atoms with Gasteiger partial charge in [-0.1, -0.05) is 191 Å². The highest BCUT2D eigenvalue weighted by molar-refractivity contribution is 5.94. The summed E-state index contributed by atoms with van der Waals surface area (Å²) in [6.07, 6.45) is 9.85. The van der Waals surface area contributed by atoms with Gasteiger partial charge in [-0.2, -0.15) is 0 Å². The fourth-order valence-electron chi connectivity index (χ4n) is 13.3. The van der Waals surface area contributed by atoms with Gasteiger partial charge in [-0.25, -0.2) is 37.5 Å². The molecular formula is C77H117F4N25O17. The second-order valence-corrected chi connectivity index (χ2v) is 29.8. The van der Waals surface area contributed by atoms with Crippen molar-refractivity contribution in [2.24, 2.45) is 75.0 Å². The van der Waals surface area contributed by atoms with Crippen LogP contribution in [0.1, 0.15) is 196 Å². The van der Waals surface area contributed by atoms with Gasteiger partial charge in [0.25, 0.3) is 0 Å². The van der Waals surface area contributed by atoms with Crippen molar-refractivity contribution in [1.82, 2.24) is 19.6 Å². The first-order valence-electron chi connectivity index (χ1n) is 40.7. The zero-order valence-corrected chi connectivity index (χ0v) is 70.2. The van der Waals surface area contributed by atoms with Crippen LogP contribution in [0, 0.1) is 5.92 Å². The number of aliphatic hydroxyl groups is 3. The Balaban J connectivity index is 0.000000294. The fraction of sp³-hybridized carbons (Fsp3) is 0.675. The predicted octanol–water partition coefficient (Wildman–Crippen LogP) is 11.0. The van der Waals surface area contributed by atoms with Gasteiger partial charge in [0.15, 0.2) is 67.9 Å². The van der Waals surface area contributed by atoms with E-state index in [2.05, 4.69) is 114 Å². The minimum atomic E-state index is -2.17. The third-order valence-electron chi connectivity index (χ3n) is 20.2. The number of nitrogens with zero attached hydrogens (tertiary/aromatic N) is 20. The van der Waals surface area contributed by atoms with E-state index >= 15 is 13.2 Å². The van der Waals surface area contributed by atoms with Crippen molar-refractivity contribution in [2.45, 2.75) is 299 Å². The molecule has 8 aliphatic rings. The maximum Gasteiger partial charge on any atom is 0.323 e. The zero-order valence-electron chi connectivity index (χ0n) is 70.2. The van der Waals surface area contributed by atoms with Gasteiger partial charge < -0.3 is 106 Å². The van der Waals surface area contributed by atoms with E-state index in [1.165, 1.54) is 68.7 Å². The lowest BCUT2D eigenvalue weighted by Gasteiger charge is -2.31. The topological polar surface area (TPSA) is 617 Å². The van der Waals surface area contributed by atoms with Crippen LogP contribution in [-0.2, 0) is 66.6 Å². The van der Waals surface area contributed by atoms with Crippen molar-refractivity contribution < 1.29 is 99.5 Å². The van der Waals surface area contributed by atoms with E-state index < -0.39 is 159 Å². The molecule has 0 radical (unpaired) electrons. The number of ether oxygens (including phenoxy) is 9. The Morgan fingerprint density at radius 2 is 0.707 bits per heavy atom. The van der Waals surface area contributed by atoms with Crippen LogP contribution in [0.3, 0.4) is 0 Å². The molecule has 1 unspecified atom stereocenters. The highest BCUT2D eigenvalue weighted by Crippen LogP contribution is 2.45. The third kappa shape index (κ3) is 28.5. The summed E-state index contributed by atoms with van der Waals surface area (Å²) in [5.41, 5.74) is 55.6. The lowest BCUT2D eigenvalue weighted by molar-refractivity contribution is -0.178. The first-order chi connectivity index (χ1) is 58.7. The molecule has 0 aliphatic carbocycles. The van der Waals surface area contributed by atoms with Crippen LogP contribution < -0.4 is 28.7 Å². The smallest absolute Gasteiger partial charge is 0.323 e. The molecule has 8 rings (SSSR count). The standard InChI is InChI=1S/C26H41FN6O5.2C18H27FN6O4.C15H22FN7O4/c1-4-6-8-10-12-14-21(34)36-18-26(31-32-29)24(37-22(35)15-13-11-9-7-5-2)23(27)25(38-26)33-17-16-20(28)30-19(33)3;1-3-4-5-6-7-8-14(26)28-11-18(23-24-21)16(27)15(19)17(29-18)25-10-9-13(20)22-12(25)2;1-3-4-5-6-7-8-14(27)28-16-15(19)17(29-18(16,11-26)23-24-21)25-10-9-13(20)22-12(25)2;1-7(2)11(18)14(25)26-12-10(16)13(27-15(12,6-24)21-22-19)23-5-4-9(17)20-8(23)3/h16-17,23-25H,3-15,18H2,1-2H3,(H2,28,30);9-10,15-17,27H,2-8,11H2,1H3,(H2,20,22);9-10,15-17,26H,2-8,11H2,1H3,(H2,20,22);4-5,7,10-13,24H,3,6,18H2,1-2H3,(H2,17,20)/t23-,24+,25-,26-;2*15-,16+,17-,18-;10-,11?,12+,13-,15-/m1111/s1. The largest absolute Gasteiger partial charge is 0.462 e. The van der Waals surface area contributed by atoms with E-state index in [9.17, 15) is 49.2 Å². The number of carbonyl (C=O) groups is 5. The molecular weight excluding hydrogens is 1620 g/mol. The van der Waals surface area contributed by atoms with Crippen LogP contribution in [0.2, 0.25) is 0 Å². The van der Waals surface area contributed by atoms with Crippen LogP contribution in [0.5, 0.6) is 0 Å². The summed E-state index contributed by atoms with van der Waals surface area (Å²) in [4.78, 5) is 92.8. The van der Waals surface area contributed by atoms with Crippen molar-refractivity contribution in [3.63, 3.8) is 0 Å². The van der Waals surface area contributed by atoms with Gasteiger partial charge >= 0.3 is 29.8 Å². The maximum atomic E-state index is 15.9. The van der Waals surface area contributed by atoms with Crippen molar-refractivity contribution in [1.29, 1.82) is 0 Å². The number of nitrogens with two attached hydrogens (primary N) is 5. The Kier molecular flexibility index (Phi) is 42.1. The number of alkyl halides is 4. The average Bonchev–Trinajstić information content (AvgIpc) is 1.65. The number of halogens is 4. The molecule has 123 heavy (non-hydrogen) atoms. The van der Waals surface area contributed by atoms with Gasteiger partial charge in [0.1, 0.15) is 72.0 Å². The third-order valence-corrected chi connectivity index (χ3v) is 20.2. The molecule has 0 aromatic carbocycles. The summed E-state index contributed by atoms with van der Waals surface area (Å²) < 4.78 is 110. The Morgan fingerprint density at radius 3 is 1.01 bits per heavy atom. The van der Waals surface area contributed by atoms with Crippen molar-refractivity contribution >= 4 is 53.2 Å². The molecule has 0 bridgehead atoms. The van der Waals surface area contributed by atoms with Crippen LogP contribution in [0.25, 0.3) is 41.8 Å². The molecule has 13 N–H and O–H groups in total. The number of carbonyl (C=O) groups excluding carboxylic acids is 5. The minimum absolute atomic E-state index is 0.0567. The highest BCUT2D eigenvalue weighted by atomic mass is 19.1. The van der Waals surface area contributed by atoms with E-state index in [1.54, 1.807) is 13.8 Å². The number of unbranched alkanes of at least 4 members (excludes halogenated alkanes) is 16. The van der Waals surface area contributed by atoms with Crippen molar-refractivity contribution in [3.8, 4) is 0 Å². The summed E-state index contributed by atoms with van der Waals surface area (Å²) in [6.45, 7) is 23.5. The molecule has 8 aliphatic heterocycles. The Bertz CT molecular complexity index is 4080. The minimum Gasteiger partial charge on any atom is -0.462 e. The van der Waals surface area contributed by atoms with Crippen molar-refractivity contribution in [3.05, 3.63) is 140 Å². The molecule has 4 fully saturated rings. The molecule has 0 saturated carbocycles. The van der Waals surface area contributed by atoms with Gasteiger partial charge in [0.05, 0.1) is 13.2 Å². The van der Waals surface area contributed by atoms with Crippen molar-refractivity contribution in [2.75, 3.05) is 26.4 Å². The molecule has 680 valence electrons.